The minimum atomic E-state index is -4.20. The van der Waals surface area contributed by atoms with Crippen LogP contribution in [0.5, 0.6) is 5.75 Å². The zero-order chi connectivity index (χ0) is 12.9. The first-order valence-electron chi connectivity index (χ1n) is 5.33. The zero-order valence-corrected chi connectivity index (χ0v) is 9.54. The summed E-state index contributed by atoms with van der Waals surface area (Å²) in [4.78, 5) is 5.16. The van der Waals surface area contributed by atoms with E-state index in [4.69, 9.17) is 5.11 Å². The van der Waals surface area contributed by atoms with Crippen LogP contribution in [0.2, 0.25) is 0 Å². The van der Waals surface area contributed by atoms with E-state index in [1.54, 1.807) is 0 Å². The van der Waals surface area contributed by atoms with Gasteiger partial charge in [-0.1, -0.05) is 6.92 Å². The van der Waals surface area contributed by atoms with Crippen LogP contribution >= 0.6 is 0 Å². The SMILES string of the molecule is CCCN(Cc1ccc(O)cn1)CC(F)(F)F. The van der Waals surface area contributed by atoms with E-state index >= 15 is 0 Å². The molecule has 0 aliphatic rings. The fourth-order valence-electron chi connectivity index (χ4n) is 1.52. The first-order chi connectivity index (χ1) is 7.90. The van der Waals surface area contributed by atoms with Crippen LogP contribution in [0, 0.1) is 0 Å². The van der Waals surface area contributed by atoms with Crippen LogP contribution in [-0.4, -0.2) is 34.3 Å². The number of aromatic nitrogens is 1. The van der Waals surface area contributed by atoms with Crippen LogP contribution in [-0.2, 0) is 6.54 Å². The molecule has 0 amide bonds. The Labute approximate surface area is 97.9 Å². The van der Waals surface area contributed by atoms with Gasteiger partial charge in [-0.2, -0.15) is 13.2 Å². The molecule has 6 heteroatoms. The van der Waals surface area contributed by atoms with Gasteiger partial charge in [-0.3, -0.25) is 9.88 Å². The topological polar surface area (TPSA) is 36.4 Å². The van der Waals surface area contributed by atoms with E-state index in [1.807, 2.05) is 6.92 Å². The molecule has 0 saturated carbocycles. The van der Waals surface area contributed by atoms with Gasteiger partial charge < -0.3 is 5.11 Å². The summed E-state index contributed by atoms with van der Waals surface area (Å²) < 4.78 is 36.9. The molecule has 0 aromatic carbocycles. The first-order valence-corrected chi connectivity index (χ1v) is 5.33. The summed E-state index contributed by atoms with van der Waals surface area (Å²) in [6, 6.07) is 2.94. The van der Waals surface area contributed by atoms with Crippen LogP contribution in [0.3, 0.4) is 0 Å². The highest BCUT2D eigenvalue weighted by molar-refractivity contribution is 5.17. The van der Waals surface area contributed by atoms with Gasteiger partial charge in [0.2, 0.25) is 0 Å². The molecule has 0 bridgehead atoms. The van der Waals surface area contributed by atoms with Crippen molar-refractivity contribution in [1.29, 1.82) is 0 Å². The third-order valence-corrected chi connectivity index (χ3v) is 2.14. The van der Waals surface area contributed by atoms with Crippen molar-refractivity contribution in [2.45, 2.75) is 26.1 Å². The van der Waals surface area contributed by atoms with E-state index in [0.29, 0.717) is 18.7 Å². The third-order valence-electron chi connectivity index (χ3n) is 2.14. The fourth-order valence-corrected chi connectivity index (χ4v) is 1.52. The van der Waals surface area contributed by atoms with Gasteiger partial charge in [-0.15, -0.1) is 0 Å². The van der Waals surface area contributed by atoms with Gasteiger partial charge in [0.1, 0.15) is 5.75 Å². The van der Waals surface area contributed by atoms with E-state index in [1.165, 1.54) is 23.2 Å². The summed E-state index contributed by atoms with van der Waals surface area (Å²) in [5, 5.41) is 9.02. The minimum Gasteiger partial charge on any atom is -0.506 e. The van der Waals surface area contributed by atoms with Gasteiger partial charge in [0.15, 0.2) is 0 Å². The Balaban J connectivity index is 2.63. The standard InChI is InChI=1S/C11H15F3N2O/c1-2-5-16(8-11(12,13)14)7-9-3-4-10(17)6-15-9/h3-4,6,17H,2,5,7-8H2,1H3. The summed E-state index contributed by atoms with van der Waals surface area (Å²) in [5.74, 6) is 0.00612. The maximum atomic E-state index is 12.3. The first kappa shape index (κ1) is 13.8. The van der Waals surface area contributed by atoms with E-state index in [0.717, 1.165) is 0 Å². The van der Waals surface area contributed by atoms with E-state index in [-0.39, 0.29) is 12.3 Å². The molecule has 0 fully saturated rings. The molecule has 1 heterocycles. The lowest BCUT2D eigenvalue weighted by molar-refractivity contribution is -0.147. The molecule has 1 rings (SSSR count). The molecule has 96 valence electrons. The van der Waals surface area contributed by atoms with Crippen molar-refractivity contribution in [3.63, 3.8) is 0 Å². The van der Waals surface area contributed by atoms with Crippen LogP contribution in [0.15, 0.2) is 18.3 Å². The van der Waals surface area contributed by atoms with Crippen molar-refractivity contribution in [1.82, 2.24) is 9.88 Å². The lowest BCUT2D eigenvalue weighted by Gasteiger charge is -2.22. The Morgan fingerprint density at radius 1 is 1.35 bits per heavy atom. The summed E-state index contributed by atoms with van der Waals surface area (Å²) in [5.41, 5.74) is 0.514. The zero-order valence-electron chi connectivity index (χ0n) is 9.54. The average molecular weight is 248 g/mol. The highest BCUT2D eigenvalue weighted by Crippen LogP contribution is 2.18. The maximum Gasteiger partial charge on any atom is 0.401 e. The molecule has 3 nitrogen and oxygen atoms in total. The quantitative estimate of drug-likeness (QED) is 0.870. The van der Waals surface area contributed by atoms with Crippen LogP contribution in [0.25, 0.3) is 0 Å². The predicted octanol–water partition coefficient (Wildman–Crippen LogP) is 2.56. The van der Waals surface area contributed by atoms with Crippen molar-refractivity contribution < 1.29 is 18.3 Å². The van der Waals surface area contributed by atoms with Crippen molar-refractivity contribution in [2.75, 3.05) is 13.1 Å². The number of hydrogen-bond acceptors (Lipinski definition) is 3. The Morgan fingerprint density at radius 3 is 2.53 bits per heavy atom. The second-order valence-corrected chi connectivity index (χ2v) is 3.83. The average Bonchev–Trinajstić information content (AvgIpc) is 2.19. The smallest absolute Gasteiger partial charge is 0.401 e. The molecule has 0 spiro atoms. The van der Waals surface area contributed by atoms with Gasteiger partial charge in [-0.05, 0) is 25.1 Å². The van der Waals surface area contributed by atoms with Crippen LogP contribution < -0.4 is 0 Å². The number of nitrogens with zero attached hydrogens (tertiary/aromatic N) is 2. The minimum absolute atomic E-state index is 0.00612. The molecule has 0 atom stereocenters. The lowest BCUT2D eigenvalue weighted by atomic mass is 10.3. The Morgan fingerprint density at radius 2 is 2.06 bits per heavy atom. The normalized spacial score (nSPS) is 12.1. The molecular weight excluding hydrogens is 233 g/mol. The summed E-state index contributed by atoms with van der Waals surface area (Å²) in [7, 11) is 0. The molecule has 0 aliphatic heterocycles. The molecule has 1 N–H and O–H groups in total. The van der Waals surface area contributed by atoms with Crippen molar-refractivity contribution in [3.8, 4) is 5.75 Å². The van der Waals surface area contributed by atoms with Crippen LogP contribution in [0.1, 0.15) is 19.0 Å². The number of hydrogen-bond donors (Lipinski definition) is 1. The summed E-state index contributed by atoms with van der Waals surface area (Å²) >= 11 is 0. The van der Waals surface area contributed by atoms with E-state index in [9.17, 15) is 13.2 Å². The lowest BCUT2D eigenvalue weighted by Crippen LogP contribution is -2.34. The second-order valence-electron chi connectivity index (χ2n) is 3.83. The van der Waals surface area contributed by atoms with Crippen molar-refractivity contribution in [3.05, 3.63) is 24.0 Å². The number of alkyl halides is 3. The number of rotatable bonds is 5. The fraction of sp³-hybridized carbons (Fsp3) is 0.545. The molecule has 1 aromatic rings. The summed E-state index contributed by atoms with van der Waals surface area (Å²) in [6.45, 7) is 1.38. The highest BCUT2D eigenvalue weighted by Gasteiger charge is 2.30. The molecule has 0 radical (unpaired) electrons. The molecule has 17 heavy (non-hydrogen) atoms. The van der Waals surface area contributed by atoms with E-state index in [2.05, 4.69) is 4.98 Å². The third kappa shape index (κ3) is 5.53. The second kappa shape index (κ2) is 5.86. The predicted molar refractivity (Wildman–Crippen MR) is 57.5 cm³/mol. The van der Waals surface area contributed by atoms with Crippen molar-refractivity contribution in [2.24, 2.45) is 0 Å². The monoisotopic (exact) mass is 248 g/mol. The Hall–Kier alpha value is -1.30. The van der Waals surface area contributed by atoms with Gasteiger partial charge in [0, 0.05) is 6.54 Å². The summed E-state index contributed by atoms with van der Waals surface area (Å²) in [6.07, 6.45) is -2.33. The molecule has 0 saturated heterocycles. The van der Waals surface area contributed by atoms with Crippen molar-refractivity contribution >= 4 is 0 Å². The number of pyridine rings is 1. The maximum absolute atomic E-state index is 12.3. The molecule has 1 aromatic heterocycles. The molecule has 0 unspecified atom stereocenters. The molecule has 0 aliphatic carbocycles. The Bertz CT molecular complexity index is 338. The Kier molecular flexibility index (Phi) is 4.74. The number of aromatic hydroxyl groups is 1. The van der Waals surface area contributed by atoms with Gasteiger partial charge in [0.25, 0.3) is 0 Å². The largest absolute Gasteiger partial charge is 0.506 e. The van der Waals surface area contributed by atoms with Gasteiger partial charge in [0.05, 0.1) is 18.4 Å². The van der Waals surface area contributed by atoms with Crippen LogP contribution in [0.4, 0.5) is 13.2 Å². The highest BCUT2D eigenvalue weighted by atomic mass is 19.4. The van der Waals surface area contributed by atoms with Gasteiger partial charge >= 0.3 is 6.18 Å². The number of halogens is 3. The van der Waals surface area contributed by atoms with E-state index < -0.39 is 12.7 Å². The van der Waals surface area contributed by atoms with Gasteiger partial charge in [-0.25, -0.2) is 0 Å². The molecular formula is C11H15F3N2O.